The molecule has 0 fully saturated rings. The fourth-order valence-corrected chi connectivity index (χ4v) is 6.07. The van der Waals surface area contributed by atoms with Crippen LogP contribution in [0.2, 0.25) is 0 Å². The maximum Gasteiger partial charge on any atom is 0.137 e. The fourth-order valence-electron chi connectivity index (χ4n) is 6.07. The highest BCUT2D eigenvalue weighted by Gasteiger charge is 2.17. The van der Waals surface area contributed by atoms with Gasteiger partial charge in [0.15, 0.2) is 0 Å². The van der Waals surface area contributed by atoms with Crippen LogP contribution in [-0.2, 0) is 0 Å². The van der Waals surface area contributed by atoms with Gasteiger partial charge >= 0.3 is 0 Å². The molecule has 8 aromatic carbocycles. The molecule has 0 spiro atoms. The lowest BCUT2D eigenvalue weighted by atomic mass is 10.0. The third-order valence-electron chi connectivity index (χ3n) is 8.25. The second-order valence-corrected chi connectivity index (χ2v) is 11.0. The molecular weight excluding hydrogens is 621 g/mol. The zero-order valence-corrected chi connectivity index (χ0v) is 25.3. The minimum absolute atomic E-state index is 0.485. The van der Waals surface area contributed by atoms with Gasteiger partial charge in [-0.15, -0.1) is 0 Å². The van der Waals surface area contributed by atoms with Crippen LogP contribution in [0.15, 0.2) is 186 Å². The van der Waals surface area contributed by atoms with Crippen molar-refractivity contribution in [3.05, 3.63) is 181 Å². The number of furan rings is 1. The lowest BCUT2D eigenvalue weighted by Gasteiger charge is -2.09. The van der Waals surface area contributed by atoms with E-state index in [0.29, 0.717) is 0 Å². The maximum atomic E-state index is 9.88. The predicted octanol–water partition coefficient (Wildman–Crippen LogP) is 13.1. The monoisotopic (exact) mass is 680 g/mol. The number of benzene rings is 8. The van der Waals surface area contributed by atoms with Crippen LogP contribution in [0.1, 0.15) is 41.1 Å². The summed E-state index contributed by atoms with van der Waals surface area (Å²) in [5.41, 5.74) is -8.38. The van der Waals surface area contributed by atoms with E-state index in [2.05, 4.69) is 0 Å². The molecule has 3 heteroatoms. The van der Waals surface area contributed by atoms with E-state index >= 15 is 0 Å². The number of fused-ring (bicyclic) bond motifs is 9. The highest BCUT2D eigenvalue weighted by molar-refractivity contribution is 6.13. The van der Waals surface area contributed by atoms with Crippen LogP contribution in [0, 0.1) is 0 Å². The van der Waals surface area contributed by atoms with E-state index in [-0.39, 0.29) is 0 Å². The van der Waals surface area contributed by atoms with Gasteiger partial charge in [0.2, 0.25) is 0 Å². The highest BCUT2D eigenvalue weighted by Crippen LogP contribution is 2.39. The second-order valence-electron chi connectivity index (χ2n) is 11.0. The zero-order valence-electron chi connectivity index (χ0n) is 55.3. The third kappa shape index (κ3) is 4.25. The number of para-hydroxylation sites is 3. The molecule has 0 unspecified atom stereocenters. The van der Waals surface area contributed by atoms with Gasteiger partial charge in [-0.3, -0.25) is 0 Å². The summed E-state index contributed by atoms with van der Waals surface area (Å²) in [6, 6.07) is -27.0. The SMILES string of the molecule is [2H]c1c([2H])c([2H])c(-c2c([2H])c([2H])c3c(oc4c([2H])c(-n5c6c([2H])c([2H])c([2H])c([2H])c6c6c([2H])c(-c7c([2H])c([2H])c8c(c7[2H])c7c([2H])c([2H])c([2H])c([2H])c7n8-c7c([2H])c([2H])c([2H])c([2H])c7[2H])c([2H])c([2H])c65)c([2H])c([2H])c43)c2[2H])c([2H])c1[2H]. The summed E-state index contributed by atoms with van der Waals surface area (Å²) in [6.07, 6.45) is 0. The van der Waals surface area contributed by atoms with Crippen molar-refractivity contribution in [3.63, 3.8) is 0 Å². The maximum absolute atomic E-state index is 9.88. The van der Waals surface area contributed by atoms with Crippen LogP contribution < -0.4 is 0 Å². The van der Waals surface area contributed by atoms with Gasteiger partial charge in [0.05, 0.1) is 63.2 Å². The normalized spacial score (nSPS) is 20.2. The van der Waals surface area contributed by atoms with Crippen molar-refractivity contribution in [1.29, 1.82) is 0 Å². The zero-order chi connectivity index (χ0) is 59.6. The van der Waals surface area contributed by atoms with Gasteiger partial charge in [0.1, 0.15) is 11.2 Å². The predicted molar refractivity (Wildman–Crippen MR) is 213 cm³/mol. The van der Waals surface area contributed by atoms with Gasteiger partial charge < -0.3 is 13.6 Å². The largest absolute Gasteiger partial charge is 0.456 e. The summed E-state index contributed by atoms with van der Waals surface area (Å²) < 4.78 is 276. The van der Waals surface area contributed by atoms with Gasteiger partial charge in [-0.25, -0.2) is 0 Å². The summed E-state index contributed by atoms with van der Waals surface area (Å²) in [4.78, 5) is 0. The van der Waals surface area contributed by atoms with Gasteiger partial charge in [-0.2, -0.15) is 0 Å². The number of hydrogen-bond acceptors (Lipinski definition) is 1. The highest BCUT2D eigenvalue weighted by atomic mass is 16.3. The molecule has 0 aliphatic carbocycles. The van der Waals surface area contributed by atoms with Crippen molar-refractivity contribution in [2.75, 3.05) is 0 Å². The minimum Gasteiger partial charge on any atom is -0.456 e. The van der Waals surface area contributed by atoms with E-state index in [4.69, 9.17) is 29.1 Å². The number of aromatic nitrogens is 2. The van der Waals surface area contributed by atoms with Crippen molar-refractivity contribution in [2.24, 2.45) is 0 Å². The number of rotatable bonds is 4. The topological polar surface area (TPSA) is 23.0 Å². The van der Waals surface area contributed by atoms with Crippen LogP contribution in [-0.4, -0.2) is 9.13 Å². The first-order chi connectivity index (χ1) is 37.8. The first-order valence-corrected chi connectivity index (χ1v) is 15.0. The van der Waals surface area contributed by atoms with E-state index in [1.54, 1.807) is 0 Å². The van der Waals surface area contributed by atoms with E-state index in [9.17, 15) is 16.4 Å². The van der Waals surface area contributed by atoms with Crippen LogP contribution in [0.4, 0.5) is 0 Å². The Morgan fingerprint density at radius 3 is 1.43 bits per heavy atom. The molecule has 3 heterocycles. The van der Waals surface area contributed by atoms with Gasteiger partial charge in [-0.05, 0) is 94.8 Å². The minimum atomic E-state index is -1.06. The van der Waals surface area contributed by atoms with E-state index in [1.807, 2.05) is 0 Å². The fraction of sp³-hybridized carbons (Fsp3) is 0. The molecule has 3 nitrogen and oxygen atoms in total. The van der Waals surface area contributed by atoms with Crippen molar-refractivity contribution < 1.29 is 45.5 Å². The Labute approximate surface area is 336 Å². The molecule has 0 saturated heterocycles. The van der Waals surface area contributed by atoms with Gasteiger partial charge in [0.25, 0.3) is 0 Å². The summed E-state index contributed by atoms with van der Waals surface area (Å²) in [5.74, 6) is 0. The van der Waals surface area contributed by atoms with Crippen LogP contribution in [0.3, 0.4) is 0 Å². The molecule has 0 N–H and O–H groups in total. The molecule has 3 aromatic heterocycles. The molecule has 0 radical (unpaired) electrons. The average molecular weight is 681 g/mol. The Kier molecular flexibility index (Phi) is 2.47. The lowest BCUT2D eigenvalue weighted by Crippen LogP contribution is -1.93. The van der Waals surface area contributed by atoms with Gasteiger partial charge in [-0.1, -0.05) is 103 Å². The standard InChI is InChI=1S/C48H30N2O/c1-3-11-31(12-4-1)34-19-23-39-40-24-22-36(30-48(40)51-47(39)29-34)50-44-18-10-8-16-38(44)42-28-33(21-26-46(42)50)32-20-25-45-41(27-32)37-15-7-9-17-43(37)49(45)35-13-5-2-6-14-35/h1-30H/i1D,2D,3D,4D,5D,6D,7D,8D,9D,10D,11D,12D,13D,14D,15D,16D,17D,18D,19D,20D,21D,22D,23D,24D,25D,26D,27D,28D,29D,30D. The quantitative estimate of drug-likeness (QED) is 0.181. The van der Waals surface area contributed by atoms with Crippen molar-refractivity contribution in [1.82, 2.24) is 9.13 Å². The van der Waals surface area contributed by atoms with Gasteiger partial charge in [0, 0.05) is 49.7 Å². The van der Waals surface area contributed by atoms with Crippen molar-refractivity contribution >= 4 is 65.6 Å². The molecule has 0 saturated carbocycles. The smallest absolute Gasteiger partial charge is 0.137 e. The Morgan fingerprint density at radius 1 is 0.314 bits per heavy atom. The van der Waals surface area contributed by atoms with E-state index in [1.165, 1.54) is 0 Å². The molecule has 51 heavy (non-hydrogen) atoms. The second kappa shape index (κ2) is 10.8. The molecule has 11 aromatic rings. The molecule has 0 atom stereocenters. The van der Waals surface area contributed by atoms with E-state index < -0.39 is 280 Å². The summed E-state index contributed by atoms with van der Waals surface area (Å²) >= 11 is 0. The van der Waals surface area contributed by atoms with E-state index in [0.717, 1.165) is 9.13 Å². The summed E-state index contributed by atoms with van der Waals surface area (Å²) in [6.45, 7) is 0. The Morgan fingerprint density at radius 2 is 0.784 bits per heavy atom. The van der Waals surface area contributed by atoms with Crippen LogP contribution in [0.25, 0.3) is 99.2 Å². The molecule has 0 aliphatic rings. The molecule has 0 bridgehead atoms. The number of hydrogen-bond donors (Lipinski definition) is 0. The Balaban J connectivity index is 1.29. The number of nitrogens with zero attached hydrogens (tertiary/aromatic N) is 2. The lowest BCUT2D eigenvalue weighted by molar-refractivity contribution is 0.669. The Bertz CT molecular complexity index is 4820. The third-order valence-corrected chi connectivity index (χ3v) is 8.25. The Hall–Kier alpha value is -6.84. The first kappa shape index (κ1) is 11.6. The molecule has 11 rings (SSSR count). The summed E-state index contributed by atoms with van der Waals surface area (Å²) in [5, 5.41) is -3.39. The first-order valence-electron chi connectivity index (χ1n) is 30.0. The van der Waals surface area contributed by atoms with Crippen LogP contribution >= 0.6 is 0 Å². The van der Waals surface area contributed by atoms with Crippen molar-refractivity contribution in [2.45, 2.75) is 0 Å². The van der Waals surface area contributed by atoms with Crippen LogP contribution in [0.5, 0.6) is 0 Å². The molecule has 0 amide bonds. The van der Waals surface area contributed by atoms with Crippen molar-refractivity contribution in [3.8, 4) is 33.6 Å². The molecular formula is C48H30N2O. The summed E-state index contributed by atoms with van der Waals surface area (Å²) in [7, 11) is 0. The molecule has 0 aliphatic heterocycles. The average Bonchev–Trinajstić information content (AvgIpc) is 3.70. The molecule has 238 valence electrons.